The molecule has 2 aromatic heterocycles. The number of ketones is 1. The quantitative estimate of drug-likeness (QED) is 0.312. The van der Waals surface area contributed by atoms with E-state index in [1.165, 1.54) is 6.33 Å². The third-order valence-electron chi connectivity index (χ3n) is 6.07. The summed E-state index contributed by atoms with van der Waals surface area (Å²) in [4.78, 5) is 25.2. The fourth-order valence-electron chi connectivity index (χ4n) is 4.22. The molecule has 2 aromatic carbocycles. The molecule has 0 radical (unpaired) electrons. The van der Waals surface area contributed by atoms with Crippen molar-refractivity contribution in [3.8, 4) is 11.5 Å². The number of nitrogens with one attached hydrogen (secondary N) is 2. The summed E-state index contributed by atoms with van der Waals surface area (Å²) in [5, 5.41) is 14.0. The van der Waals surface area contributed by atoms with Crippen LogP contribution < -0.4 is 10.1 Å². The van der Waals surface area contributed by atoms with Crippen LogP contribution in [0, 0.1) is 0 Å². The van der Waals surface area contributed by atoms with Crippen LogP contribution in [-0.4, -0.2) is 50.7 Å². The number of para-hydroxylation sites is 1. The number of benzene rings is 2. The molecular weight excluding hydrogens is 468 g/mol. The van der Waals surface area contributed by atoms with Crippen molar-refractivity contribution in [2.24, 2.45) is 0 Å². The van der Waals surface area contributed by atoms with Gasteiger partial charge in [0.2, 0.25) is 0 Å². The molecule has 180 valence electrons. The molecule has 1 saturated heterocycles. The number of nitrogens with zero attached hydrogens (tertiary/aromatic N) is 2. The number of carbonyl (C=O) groups excluding carboxylic acids is 1. The van der Waals surface area contributed by atoms with E-state index in [4.69, 9.17) is 21.1 Å². The van der Waals surface area contributed by atoms with E-state index in [1.54, 1.807) is 31.3 Å². The smallest absolute Gasteiger partial charge is 0.196 e. The lowest BCUT2D eigenvalue weighted by molar-refractivity contribution is -0.0584. The van der Waals surface area contributed by atoms with Crippen LogP contribution in [0.1, 0.15) is 35.7 Å². The van der Waals surface area contributed by atoms with Gasteiger partial charge >= 0.3 is 0 Å². The highest BCUT2D eigenvalue weighted by atomic mass is 35.5. The molecule has 5 rings (SSSR count). The summed E-state index contributed by atoms with van der Waals surface area (Å²) in [6, 6.07) is 14.4. The number of halogens is 1. The van der Waals surface area contributed by atoms with E-state index in [0.717, 1.165) is 12.8 Å². The number of aliphatic hydroxyl groups is 1. The van der Waals surface area contributed by atoms with E-state index in [0.29, 0.717) is 46.1 Å². The number of fused-ring (bicyclic) bond motifs is 1. The van der Waals surface area contributed by atoms with Gasteiger partial charge in [-0.1, -0.05) is 29.8 Å². The van der Waals surface area contributed by atoms with Crippen molar-refractivity contribution in [2.45, 2.75) is 38.0 Å². The van der Waals surface area contributed by atoms with Gasteiger partial charge in [-0.05, 0) is 44.0 Å². The summed E-state index contributed by atoms with van der Waals surface area (Å²) < 4.78 is 11.6. The second-order valence-corrected chi connectivity index (χ2v) is 8.97. The number of aromatic amines is 1. The number of aliphatic hydroxyl groups excluding tert-OH is 1. The summed E-state index contributed by atoms with van der Waals surface area (Å²) in [5.74, 6) is 1.51. The minimum atomic E-state index is -0.509. The van der Waals surface area contributed by atoms with E-state index in [2.05, 4.69) is 20.3 Å². The van der Waals surface area contributed by atoms with Crippen molar-refractivity contribution < 1.29 is 19.4 Å². The molecule has 0 spiro atoms. The van der Waals surface area contributed by atoms with Gasteiger partial charge in [0, 0.05) is 17.8 Å². The number of H-pyrrole nitrogens is 1. The van der Waals surface area contributed by atoms with Gasteiger partial charge in [0.05, 0.1) is 40.8 Å². The van der Waals surface area contributed by atoms with Crippen LogP contribution in [0.3, 0.4) is 0 Å². The Kier molecular flexibility index (Phi) is 6.68. The van der Waals surface area contributed by atoms with Gasteiger partial charge in [-0.2, -0.15) is 0 Å². The highest BCUT2D eigenvalue weighted by molar-refractivity contribution is 6.35. The van der Waals surface area contributed by atoms with Crippen LogP contribution in [0.25, 0.3) is 11.0 Å². The van der Waals surface area contributed by atoms with Gasteiger partial charge in [0.15, 0.2) is 5.78 Å². The normalized spacial score (nSPS) is 18.8. The first kappa shape index (κ1) is 23.3. The van der Waals surface area contributed by atoms with Gasteiger partial charge in [0.1, 0.15) is 29.3 Å². The maximum atomic E-state index is 13.5. The molecule has 0 aliphatic carbocycles. The maximum absolute atomic E-state index is 13.5. The number of hydrogen-bond donors (Lipinski definition) is 3. The van der Waals surface area contributed by atoms with Crippen LogP contribution >= 0.6 is 11.6 Å². The van der Waals surface area contributed by atoms with Crippen LogP contribution in [0.2, 0.25) is 5.02 Å². The number of hydrogen-bond acceptors (Lipinski definition) is 7. The highest BCUT2D eigenvalue weighted by Gasteiger charge is 2.27. The molecular formula is C26H25ClN4O4. The molecule has 35 heavy (non-hydrogen) atoms. The molecule has 8 nitrogen and oxygen atoms in total. The molecule has 0 saturated carbocycles. The number of carbonyl (C=O) groups is 1. The highest BCUT2D eigenvalue weighted by Crippen LogP contribution is 2.32. The number of rotatable bonds is 7. The lowest BCUT2D eigenvalue weighted by Crippen LogP contribution is -2.39. The molecule has 3 N–H and O–H groups in total. The van der Waals surface area contributed by atoms with Crippen LogP contribution in [0.15, 0.2) is 61.1 Å². The predicted octanol–water partition coefficient (Wildman–Crippen LogP) is 4.97. The van der Waals surface area contributed by atoms with Crippen molar-refractivity contribution in [2.75, 3.05) is 11.9 Å². The maximum Gasteiger partial charge on any atom is 0.196 e. The Balaban J connectivity index is 1.39. The summed E-state index contributed by atoms with van der Waals surface area (Å²) in [6.07, 6.45) is 3.93. The fourth-order valence-corrected chi connectivity index (χ4v) is 4.48. The minimum Gasteiger partial charge on any atom is -0.457 e. The Morgan fingerprint density at radius 1 is 1.17 bits per heavy atom. The van der Waals surface area contributed by atoms with Gasteiger partial charge in [-0.25, -0.2) is 9.97 Å². The van der Waals surface area contributed by atoms with Crippen molar-refractivity contribution in [3.05, 3.63) is 77.2 Å². The second kappa shape index (κ2) is 10.0. The Bertz CT molecular complexity index is 1330. The zero-order chi connectivity index (χ0) is 24.4. The Labute approximate surface area is 207 Å². The fraction of sp³-hybridized carbons (Fsp3) is 0.269. The lowest BCUT2D eigenvalue weighted by Gasteiger charge is -2.31. The number of ether oxygens (including phenoxy) is 2. The number of aromatic nitrogens is 3. The molecule has 1 aliphatic rings. The van der Waals surface area contributed by atoms with Crippen LogP contribution in [0.4, 0.5) is 5.82 Å². The minimum absolute atomic E-state index is 0.000964. The molecule has 1 fully saturated rings. The van der Waals surface area contributed by atoms with Crippen molar-refractivity contribution >= 4 is 34.2 Å². The molecule has 9 heteroatoms. The Morgan fingerprint density at radius 2 is 2.00 bits per heavy atom. The zero-order valence-electron chi connectivity index (χ0n) is 19.1. The van der Waals surface area contributed by atoms with Crippen molar-refractivity contribution in [1.82, 2.24) is 15.0 Å². The number of anilines is 1. The van der Waals surface area contributed by atoms with Crippen LogP contribution in [0.5, 0.6) is 11.5 Å². The van der Waals surface area contributed by atoms with E-state index >= 15 is 0 Å². The Hall–Kier alpha value is -3.46. The SMILES string of the molecule is CC(O)C1CCC(Nc2ncnc3[nH]cc(C(=O)c4ccc(Oc5ccccc5)cc4Cl)c23)CO1. The standard InChI is InChI=1S/C26H25ClN4O4/c1-15(32)22-10-7-16(13-34-22)31-26-23-20(12-28-25(23)29-14-30-26)24(33)19-9-8-18(11-21(19)27)35-17-5-3-2-4-6-17/h2-6,8-9,11-12,14-16,22,32H,7,10,13H2,1H3,(H2,28,29,30,31). The second-order valence-electron chi connectivity index (χ2n) is 8.57. The molecule has 0 amide bonds. The molecule has 0 bridgehead atoms. The summed E-state index contributed by atoms with van der Waals surface area (Å²) in [6.45, 7) is 2.17. The van der Waals surface area contributed by atoms with Crippen molar-refractivity contribution in [1.29, 1.82) is 0 Å². The average Bonchev–Trinajstić information content (AvgIpc) is 3.30. The van der Waals surface area contributed by atoms with Gasteiger partial charge in [-0.3, -0.25) is 4.79 Å². The largest absolute Gasteiger partial charge is 0.457 e. The lowest BCUT2D eigenvalue weighted by atomic mass is 10.0. The summed E-state index contributed by atoms with van der Waals surface area (Å²) in [5.41, 5.74) is 1.31. The first-order valence-electron chi connectivity index (χ1n) is 11.4. The average molecular weight is 493 g/mol. The molecule has 4 aromatic rings. The monoisotopic (exact) mass is 492 g/mol. The molecule has 3 heterocycles. The molecule has 3 atom stereocenters. The summed E-state index contributed by atoms with van der Waals surface area (Å²) >= 11 is 6.50. The summed E-state index contributed by atoms with van der Waals surface area (Å²) in [7, 11) is 0. The van der Waals surface area contributed by atoms with E-state index in [-0.39, 0.29) is 23.0 Å². The Morgan fingerprint density at radius 3 is 2.71 bits per heavy atom. The first-order chi connectivity index (χ1) is 17.0. The van der Waals surface area contributed by atoms with Gasteiger partial charge < -0.3 is 24.9 Å². The third kappa shape index (κ3) is 5.00. The zero-order valence-corrected chi connectivity index (χ0v) is 19.8. The molecule has 1 aliphatic heterocycles. The first-order valence-corrected chi connectivity index (χ1v) is 11.8. The topological polar surface area (TPSA) is 109 Å². The van der Waals surface area contributed by atoms with Gasteiger partial charge in [-0.15, -0.1) is 0 Å². The van der Waals surface area contributed by atoms with E-state index < -0.39 is 6.10 Å². The van der Waals surface area contributed by atoms with E-state index in [1.807, 2.05) is 30.3 Å². The predicted molar refractivity (Wildman–Crippen MR) is 133 cm³/mol. The van der Waals surface area contributed by atoms with Crippen LogP contribution in [-0.2, 0) is 4.74 Å². The van der Waals surface area contributed by atoms with E-state index in [9.17, 15) is 9.90 Å². The third-order valence-corrected chi connectivity index (χ3v) is 6.38. The van der Waals surface area contributed by atoms with Crippen molar-refractivity contribution in [3.63, 3.8) is 0 Å². The van der Waals surface area contributed by atoms with Gasteiger partial charge in [0.25, 0.3) is 0 Å². The molecule has 3 unspecified atom stereocenters.